The lowest BCUT2D eigenvalue weighted by molar-refractivity contribution is -0.122. The number of nitrogens with zero attached hydrogens (tertiary/aromatic N) is 1. The molecule has 0 saturated carbocycles. The number of carbonyl (C=O) groups is 3. The van der Waals surface area contributed by atoms with Gasteiger partial charge in [-0.3, -0.25) is 14.9 Å². The van der Waals surface area contributed by atoms with Crippen molar-refractivity contribution in [1.82, 2.24) is 5.32 Å². The standard InChI is InChI=1S/C21H20N2O3/c1-13(2)15-8-10-17(11-9-15)23-20(25)18(19(24)22-21(23)26)12-16-7-5-4-6-14(16)3/h4-13H,1-3H3,(H,22,24,26)/b18-12+. The molecule has 0 atom stereocenters. The number of rotatable bonds is 3. The van der Waals surface area contributed by atoms with E-state index in [1.54, 1.807) is 12.1 Å². The monoisotopic (exact) mass is 348 g/mol. The Morgan fingerprint density at radius 1 is 0.962 bits per heavy atom. The molecule has 1 fully saturated rings. The van der Waals surface area contributed by atoms with E-state index in [0.29, 0.717) is 11.6 Å². The lowest BCUT2D eigenvalue weighted by Gasteiger charge is -2.26. The van der Waals surface area contributed by atoms with Crippen molar-refractivity contribution in [3.05, 3.63) is 70.8 Å². The highest BCUT2D eigenvalue weighted by atomic mass is 16.2. The first-order valence-electron chi connectivity index (χ1n) is 8.45. The van der Waals surface area contributed by atoms with Crippen LogP contribution in [0, 0.1) is 6.92 Å². The highest BCUT2D eigenvalue weighted by molar-refractivity contribution is 6.39. The van der Waals surface area contributed by atoms with E-state index < -0.39 is 17.8 Å². The van der Waals surface area contributed by atoms with Crippen molar-refractivity contribution in [1.29, 1.82) is 0 Å². The topological polar surface area (TPSA) is 66.5 Å². The Kier molecular flexibility index (Phi) is 4.71. The molecule has 1 N–H and O–H groups in total. The van der Waals surface area contributed by atoms with Crippen LogP contribution >= 0.6 is 0 Å². The summed E-state index contributed by atoms with van der Waals surface area (Å²) in [5.41, 5.74) is 3.16. The van der Waals surface area contributed by atoms with Gasteiger partial charge in [-0.15, -0.1) is 0 Å². The third-order valence-electron chi connectivity index (χ3n) is 4.41. The average molecular weight is 348 g/mol. The van der Waals surface area contributed by atoms with Crippen molar-refractivity contribution < 1.29 is 14.4 Å². The normalized spacial score (nSPS) is 16.4. The number of benzene rings is 2. The zero-order valence-corrected chi connectivity index (χ0v) is 14.9. The minimum atomic E-state index is -0.737. The molecule has 1 aliphatic rings. The van der Waals surface area contributed by atoms with E-state index in [1.165, 1.54) is 6.08 Å². The molecular weight excluding hydrogens is 328 g/mol. The number of imide groups is 2. The molecule has 0 radical (unpaired) electrons. The minimum Gasteiger partial charge on any atom is -0.273 e. The van der Waals surface area contributed by atoms with E-state index in [2.05, 4.69) is 19.2 Å². The molecule has 132 valence electrons. The first-order valence-corrected chi connectivity index (χ1v) is 8.45. The molecule has 0 aromatic heterocycles. The summed E-state index contributed by atoms with van der Waals surface area (Å²) >= 11 is 0. The van der Waals surface area contributed by atoms with Crippen molar-refractivity contribution in [2.45, 2.75) is 26.7 Å². The van der Waals surface area contributed by atoms with Crippen molar-refractivity contribution in [3.8, 4) is 0 Å². The Hall–Kier alpha value is -3.21. The fourth-order valence-electron chi connectivity index (χ4n) is 2.80. The summed E-state index contributed by atoms with van der Waals surface area (Å²) < 4.78 is 0. The molecule has 2 aromatic carbocycles. The van der Waals surface area contributed by atoms with E-state index in [-0.39, 0.29) is 5.57 Å². The second-order valence-corrected chi connectivity index (χ2v) is 6.56. The third kappa shape index (κ3) is 3.28. The lowest BCUT2D eigenvalue weighted by Crippen LogP contribution is -2.54. The van der Waals surface area contributed by atoms with Crippen LogP contribution in [-0.4, -0.2) is 17.8 Å². The molecule has 5 heteroatoms. The van der Waals surface area contributed by atoms with Gasteiger partial charge in [-0.25, -0.2) is 9.69 Å². The van der Waals surface area contributed by atoms with Crippen molar-refractivity contribution in [3.63, 3.8) is 0 Å². The van der Waals surface area contributed by atoms with Gasteiger partial charge in [0.1, 0.15) is 5.57 Å². The SMILES string of the molecule is Cc1ccccc1/C=C1\C(=O)NC(=O)N(c2ccc(C(C)C)cc2)C1=O. The Morgan fingerprint density at radius 2 is 1.62 bits per heavy atom. The van der Waals surface area contributed by atoms with Gasteiger partial charge in [-0.1, -0.05) is 50.2 Å². The average Bonchev–Trinajstić information content (AvgIpc) is 2.60. The number of anilines is 1. The molecule has 5 nitrogen and oxygen atoms in total. The molecule has 0 spiro atoms. The molecule has 2 aromatic rings. The smallest absolute Gasteiger partial charge is 0.273 e. The summed E-state index contributed by atoms with van der Waals surface area (Å²) in [6, 6.07) is 13.9. The second-order valence-electron chi connectivity index (χ2n) is 6.56. The van der Waals surface area contributed by atoms with Gasteiger partial charge < -0.3 is 0 Å². The van der Waals surface area contributed by atoms with Gasteiger partial charge in [0.2, 0.25) is 0 Å². The van der Waals surface area contributed by atoms with Crippen LogP contribution < -0.4 is 10.2 Å². The summed E-state index contributed by atoms with van der Waals surface area (Å²) in [5, 5.41) is 2.24. The van der Waals surface area contributed by atoms with E-state index in [0.717, 1.165) is 21.6 Å². The van der Waals surface area contributed by atoms with E-state index in [1.807, 2.05) is 43.3 Å². The predicted molar refractivity (Wildman–Crippen MR) is 101 cm³/mol. The van der Waals surface area contributed by atoms with Gasteiger partial charge in [0.05, 0.1) is 5.69 Å². The quantitative estimate of drug-likeness (QED) is 0.678. The number of aryl methyl sites for hydroxylation is 1. The second kappa shape index (κ2) is 6.96. The molecule has 26 heavy (non-hydrogen) atoms. The van der Waals surface area contributed by atoms with Crippen LogP contribution in [0.3, 0.4) is 0 Å². The van der Waals surface area contributed by atoms with Crippen LogP contribution in [0.15, 0.2) is 54.1 Å². The van der Waals surface area contributed by atoms with Gasteiger partial charge in [0.15, 0.2) is 0 Å². The van der Waals surface area contributed by atoms with E-state index >= 15 is 0 Å². The maximum Gasteiger partial charge on any atom is 0.335 e. The van der Waals surface area contributed by atoms with Crippen LogP contribution in [0.5, 0.6) is 0 Å². The Labute approximate surface area is 152 Å². The molecule has 1 aliphatic heterocycles. The maximum atomic E-state index is 12.9. The first kappa shape index (κ1) is 17.6. The Morgan fingerprint density at radius 3 is 2.23 bits per heavy atom. The third-order valence-corrected chi connectivity index (χ3v) is 4.41. The highest BCUT2D eigenvalue weighted by Crippen LogP contribution is 2.24. The van der Waals surface area contributed by atoms with Crippen LogP contribution in [0.4, 0.5) is 10.5 Å². The molecule has 0 unspecified atom stereocenters. The van der Waals surface area contributed by atoms with Crippen molar-refractivity contribution in [2.24, 2.45) is 0 Å². The van der Waals surface area contributed by atoms with E-state index in [9.17, 15) is 14.4 Å². The summed E-state index contributed by atoms with van der Waals surface area (Å²) in [7, 11) is 0. The number of barbiturate groups is 1. The summed E-state index contributed by atoms with van der Waals surface area (Å²) in [5.74, 6) is -0.967. The van der Waals surface area contributed by atoms with E-state index in [4.69, 9.17) is 0 Å². The summed E-state index contributed by atoms with van der Waals surface area (Å²) in [6.07, 6.45) is 1.52. The van der Waals surface area contributed by atoms with Crippen LogP contribution in [0.2, 0.25) is 0 Å². The Balaban J connectivity index is 1.99. The van der Waals surface area contributed by atoms with Crippen molar-refractivity contribution in [2.75, 3.05) is 4.90 Å². The number of nitrogens with one attached hydrogen (secondary N) is 1. The summed E-state index contributed by atoms with van der Waals surface area (Å²) in [6.45, 7) is 6.02. The maximum absolute atomic E-state index is 12.9. The molecular formula is C21H20N2O3. The number of hydrogen-bond donors (Lipinski definition) is 1. The summed E-state index contributed by atoms with van der Waals surface area (Å²) in [4.78, 5) is 38.3. The first-order chi connectivity index (χ1) is 12.4. The number of hydrogen-bond acceptors (Lipinski definition) is 3. The molecule has 3 rings (SSSR count). The molecule has 1 saturated heterocycles. The zero-order chi connectivity index (χ0) is 18.8. The van der Waals surface area contributed by atoms with Crippen LogP contribution in [0.1, 0.15) is 36.5 Å². The number of amides is 4. The Bertz CT molecular complexity index is 911. The number of carbonyl (C=O) groups excluding carboxylic acids is 3. The minimum absolute atomic E-state index is 0.0631. The van der Waals surface area contributed by atoms with Gasteiger partial charge >= 0.3 is 6.03 Å². The predicted octanol–water partition coefficient (Wildman–Crippen LogP) is 3.78. The molecule has 1 heterocycles. The number of urea groups is 1. The molecule has 0 bridgehead atoms. The molecule has 4 amide bonds. The fourth-order valence-corrected chi connectivity index (χ4v) is 2.80. The highest BCUT2D eigenvalue weighted by Gasteiger charge is 2.36. The van der Waals surface area contributed by atoms with Gasteiger partial charge in [0.25, 0.3) is 11.8 Å². The lowest BCUT2D eigenvalue weighted by atomic mass is 10.0. The van der Waals surface area contributed by atoms with Gasteiger partial charge in [-0.05, 0) is 47.7 Å². The molecule has 0 aliphatic carbocycles. The van der Waals surface area contributed by atoms with Gasteiger partial charge in [0, 0.05) is 0 Å². The van der Waals surface area contributed by atoms with Crippen LogP contribution in [-0.2, 0) is 9.59 Å². The van der Waals surface area contributed by atoms with Gasteiger partial charge in [-0.2, -0.15) is 0 Å². The van der Waals surface area contributed by atoms with Crippen LogP contribution in [0.25, 0.3) is 6.08 Å². The fraction of sp³-hybridized carbons (Fsp3) is 0.190. The van der Waals surface area contributed by atoms with Crippen molar-refractivity contribution >= 4 is 29.6 Å². The zero-order valence-electron chi connectivity index (χ0n) is 14.9. The largest absolute Gasteiger partial charge is 0.335 e.